The minimum Gasteiger partial charge on any atom is -0.387 e. The summed E-state index contributed by atoms with van der Waals surface area (Å²) >= 11 is 0. The number of nitrogens with one attached hydrogen (secondary N) is 1. The van der Waals surface area contributed by atoms with Gasteiger partial charge in [0.2, 0.25) is 0 Å². The normalized spacial score (nSPS) is 17.6. The monoisotopic (exact) mass is 492 g/mol. The molecule has 0 spiro atoms. The van der Waals surface area contributed by atoms with Crippen molar-refractivity contribution in [2.75, 3.05) is 11.4 Å². The van der Waals surface area contributed by atoms with E-state index < -0.39 is 0 Å². The molecule has 0 radical (unpaired) electrons. The third kappa shape index (κ3) is 3.20. The van der Waals surface area contributed by atoms with Gasteiger partial charge in [-0.3, -0.25) is 9.47 Å². The van der Waals surface area contributed by atoms with Gasteiger partial charge in [-0.15, -0.1) is 0 Å². The summed E-state index contributed by atoms with van der Waals surface area (Å²) in [6.07, 6.45) is 17.9. The molecule has 2 aliphatic carbocycles. The number of aromatic nitrogens is 2. The van der Waals surface area contributed by atoms with E-state index in [4.69, 9.17) is 4.98 Å². The van der Waals surface area contributed by atoms with Crippen molar-refractivity contribution in [3.63, 3.8) is 0 Å². The molecule has 0 bridgehead atoms. The second-order valence-electron chi connectivity index (χ2n) is 10.3. The first-order valence-electron chi connectivity index (χ1n) is 13.6. The van der Waals surface area contributed by atoms with Gasteiger partial charge in [-0.05, 0) is 90.6 Å². The molecule has 4 aliphatic rings. The van der Waals surface area contributed by atoms with Crippen LogP contribution >= 0.6 is 0 Å². The molecular formula is C34H28N4. The van der Waals surface area contributed by atoms with Gasteiger partial charge in [0.05, 0.1) is 22.6 Å². The fourth-order valence-corrected chi connectivity index (χ4v) is 6.42. The molecule has 2 aromatic carbocycles. The summed E-state index contributed by atoms with van der Waals surface area (Å²) in [4.78, 5) is 7.72. The summed E-state index contributed by atoms with van der Waals surface area (Å²) in [6, 6.07) is 23.9. The number of hydrogen-bond donors (Lipinski definition) is 1. The molecule has 0 amide bonds. The maximum atomic E-state index is 5.31. The van der Waals surface area contributed by atoms with E-state index in [9.17, 15) is 0 Å². The number of nitrogens with zero attached hydrogens (tertiary/aromatic N) is 3. The lowest BCUT2D eigenvalue weighted by Gasteiger charge is -2.29. The molecule has 2 aromatic heterocycles. The molecule has 0 saturated heterocycles. The summed E-state index contributed by atoms with van der Waals surface area (Å²) < 4.78 is 2.49. The molecule has 0 unspecified atom stereocenters. The van der Waals surface area contributed by atoms with Crippen LogP contribution in [0.4, 0.5) is 11.6 Å². The number of pyridine rings is 1. The van der Waals surface area contributed by atoms with E-state index in [2.05, 4.69) is 118 Å². The number of fused-ring (bicyclic) bond motifs is 6. The van der Waals surface area contributed by atoms with Crippen molar-refractivity contribution in [3.05, 3.63) is 125 Å². The van der Waals surface area contributed by atoms with Crippen molar-refractivity contribution in [2.24, 2.45) is 0 Å². The van der Waals surface area contributed by atoms with Gasteiger partial charge in [-0.2, -0.15) is 0 Å². The predicted molar refractivity (Wildman–Crippen MR) is 157 cm³/mol. The molecule has 4 heteroatoms. The van der Waals surface area contributed by atoms with E-state index in [0.717, 1.165) is 43.6 Å². The highest BCUT2D eigenvalue weighted by Crippen LogP contribution is 2.46. The highest BCUT2D eigenvalue weighted by atomic mass is 15.3. The zero-order chi connectivity index (χ0) is 25.1. The maximum Gasteiger partial charge on any atom is 0.140 e. The van der Waals surface area contributed by atoms with E-state index in [1.54, 1.807) is 0 Å². The molecular weight excluding hydrogens is 464 g/mol. The zero-order valence-corrected chi connectivity index (χ0v) is 21.2. The summed E-state index contributed by atoms with van der Waals surface area (Å²) in [5.74, 6) is 2.12. The number of dihydropyridines is 1. The standard InChI is InChI=1S/C34H28N4/c1-2-10-23(11-3-1)27-21-33(36-29-15-7-5-13-25(27)29)38-32-18-19-35-22-28(32)26-14-6-9-17-31(26)37-30-16-8-4-12-24(30)20-34(37)38/h1-3,5,7-11,13,15-21,35H,4,6,12,14,22H2. The van der Waals surface area contributed by atoms with Gasteiger partial charge in [0, 0.05) is 17.5 Å². The molecule has 2 aliphatic heterocycles. The van der Waals surface area contributed by atoms with Gasteiger partial charge in [0.15, 0.2) is 0 Å². The Morgan fingerprint density at radius 3 is 2.55 bits per heavy atom. The second-order valence-corrected chi connectivity index (χ2v) is 10.3. The molecule has 0 saturated carbocycles. The van der Waals surface area contributed by atoms with E-state index >= 15 is 0 Å². The van der Waals surface area contributed by atoms with Crippen LogP contribution in [-0.4, -0.2) is 16.1 Å². The molecule has 8 rings (SSSR count). The Kier molecular flexibility index (Phi) is 4.81. The smallest absolute Gasteiger partial charge is 0.140 e. The van der Waals surface area contributed by atoms with Gasteiger partial charge in [-0.1, -0.05) is 60.7 Å². The number of hydrogen-bond acceptors (Lipinski definition) is 3. The van der Waals surface area contributed by atoms with Crippen LogP contribution in [0.2, 0.25) is 0 Å². The van der Waals surface area contributed by atoms with Crippen molar-refractivity contribution in [1.29, 1.82) is 0 Å². The number of para-hydroxylation sites is 1. The average Bonchev–Trinajstić information content (AvgIpc) is 3.31. The molecule has 0 atom stereocenters. The van der Waals surface area contributed by atoms with Gasteiger partial charge < -0.3 is 5.32 Å². The average molecular weight is 493 g/mol. The Balaban J connectivity index is 1.46. The Labute approximate surface area is 222 Å². The van der Waals surface area contributed by atoms with E-state index in [-0.39, 0.29) is 0 Å². The minimum atomic E-state index is 0.816. The number of benzene rings is 2. The summed E-state index contributed by atoms with van der Waals surface area (Å²) in [6.45, 7) is 0.816. The summed E-state index contributed by atoms with van der Waals surface area (Å²) in [7, 11) is 0. The highest BCUT2D eigenvalue weighted by molar-refractivity contribution is 5.97. The van der Waals surface area contributed by atoms with Crippen molar-refractivity contribution in [2.45, 2.75) is 25.7 Å². The van der Waals surface area contributed by atoms with Crippen LogP contribution in [0.5, 0.6) is 0 Å². The molecule has 4 aromatic rings. The number of aryl methyl sites for hydroxylation is 1. The topological polar surface area (TPSA) is 33.1 Å². The molecule has 184 valence electrons. The van der Waals surface area contributed by atoms with Gasteiger partial charge in [0.25, 0.3) is 0 Å². The Morgan fingerprint density at radius 1 is 0.763 bits per heavy atom. The first kappa shape index (κ1) is 21.5. The van der Waals surface area contributed by atoms with Gasteiger partial charge in [0.1, 0.15) is 11.6 Å². The van der Waals surface area contributed by atoms with Crippen LogP contribution in [0.25, 0.3) is 33.8 Å². The largest absolute Gasteiger partial charge is 0.387 e. The van der Waals surface area contributed by atoms with Crippen LogP contribution in [0.1, 0.15) is 30.5 Å². The summed E-state index contributed by atoms with van der Waals surface area (Å²) in [5, 5.41) is 4.67. The quantitative estimate of drug-likeness (QED) is 0.311. The fourth-order valence-electron chi connectivity index (χ4n) is 6.42. The number of anilines is 2. The molecule has 1 N–H and O–H groups in total. The maximum absolute atomic E-state index is 5.31. The highest BCUT2D eigenvalue weighted by Gasteiger charge is 2.33. The predicted octanol–water partition coefficient (Wildman–Crippen LogP) is 7.75. The Hall–Kier alpha value is -4.57. The van der Waals surface area contributed by atoms with Crippen LogP contribution in [-0.2, 0) is 6.42 Å². The molecule has 4 nitrogen and oxygen atoms in total. The van der Waals surface area contributed by atoms with Gasteiger partial charge in [-0.25, -0.2) is 4.98 Å². The van der Waals surface area contributed by atoms with Crippen LogP contribution in [0.3, 0.4) is 0 Å². The number of allylic oxidation sites excluding steroid dienone is 5. The van der Waals surface area contributed by atoms with Crippen molar-refractivity contribution in [3.8, 4) is 11.1 Å². The SMILES string of the molecule is C1=CC2=C(CC1)C1=C(C=CNC1)N(c1cc(-c3ccccc3)c3ccccc3n1)c1cc3c(n12)C=CCC3. The lowest BCUT2D eigenvalue weighted by atomic mass is 9.92. The lowest BCUT2D eigenvalue weighted by molar-refractivity contribution is 0.863. The van der Waals surface area contributed by atoms with E-state index in [1.807, 2.05) is 0 Å². The second kappa shape index (κ2) is 8.49. The first-order valence-corrected chi connectivity index (χ1v) is 13.6. The fraction of sp³-hybridized carbons (Fsp3) is 0.147. The molecule has 38 heavy (non-hydrogen) atoms. The van der Waals surface area contributed by atoms with Gasteiger partial charge >= 0.3 is 0 Å². The molecule has 0 fully saturated rings. The number of rotatable bonds is 2. The van der Waals surface area contributed by atoms with Crippen LogP contribution in [0, 0.1) is 0 Å². The lowest BCUT2D eigenvalue weighted by Crippen LogP contribution is -2.25. The Bertz CT molecular complexity index is 1760. The van der Waals surface area contributed by atoms with Crippen molar-refractivity contribution < 1.29 is 0 Å². The minimum absolute atomic E-state index is 0.816. The Morgan fingerprint density at radius 2 is 1.61 bits per heavy atom. The van der Waals surface area contributed by atoms with E-state index in [0.29, 0.717) is 0 Å². The third-order valence-corrected chi connectivity index (χ3v) is 8.14. The summed E-state index contributed by atoms with van der Waals surface area (Å²) in [5.41, 5.74) is 11.4. The van der Waals surface area contributed by atoms with Crippen molar-refractivity contribution in [1.82, 2.24) is 14.9 Å². The molecule has 4 heterocycles. The third-order valence-electron chi connectivity index (χ3n) is 8.14. The first-order chi connectivity index (χ1) is 18.9. The van der Waals surface area contributed by atoms with Crippen LogP contribution in [0.15, 0.2) is 114 Å². The zero-order valence-electron chi connectivity index (χ0n) is 21.2. The van der Waals surface area contributed by atoms with E-state index in [1.165, 1.54) is 56.1 Å². The van der Waals surface area contributed by atoms with Crippen molar-refractivity contribution >= 4 is 34.3 Å². The van der Waals surface area contributed by atoms with Crippen LogP contribution < -0.4 is 10.2 Å².